The zero-order valence-corrected chi connectivity index (χ0v) is 18.5. The molecule has 3 N–H and O–H groups in total. The maximum Gasteiger partial charge on any atom is 0.319 e. The third-order valence-corrected chi connectivity index (χ3v) is 5.49. The number of ether oxygens (including phenoxy) is 1. The van der Waals surface area contributed by atoms with Crippen molar-refractivity contribution in [3.63, 3.8) is 0 Å². The van der Waals surface area contributed by atoms with Crippen LogP contribution in [0.25, 0.3) is 0 Å². The number of primary amides is 1. The Morgan fingerprint density at radius 3 is 2.55 bits per heavy atom. The van der Waals surface area contributed by atoms with Gasteiger partial charge in [0.1, 0.15) is 11.6 Å². The van der Waals surface area contributed by atoms with Gasteiger partial charge in [0.15, 0.2) is 0 Å². The van der Waals surface area contributed by atoms with Gasteiger partial charge in [-0.1, -0.05) is 0 Å². The summed E-state index contributed by atoms with van der Waals surface area (Å²) in [6.45, 7) is 1.31. The van der Waals surface area contributed by atoms with Crippen LogP contribution < -0.4 is 20.7 Å². The third kappa shape index (κ3) is 5.17. The Labute approximate surface area is 182 Å². The lowest BCUT2D eigenvalue weighted by molar-refractivity contribution is 0.1000. The van der Waals surface area contributed by atoms with Crippen molar-refractivity contribution in [2.24, 2.45) is 5.73 Å². The van der Waals surface area contributed by atoms with Crippen molar-refractivity contribution in [3.8, 4) is 5.75 Å². The molecule has 1 aromatic carbocycles. The fourth-order valence-corrected chi connectivity index (χ4v) is 3.74. The molecule has 1 aromatic heterocycles. The van der Waals surface area contributed by atoms with Gasteiger partial charge in [-0.05, 0) is 37.1 Å². The van der Waals surface area contributed by atoms with Crippen molar-refractivity contribution < 1.29 is 14.3 Å². The summed E-state index contributed by atoms with van der Waals surface area (Å²) in [5.41, 5.74) is 7.49. The van der Waals surface area contributed by atoms with E-state index in [1.807, 2.05) is 47.2 Å². The predicted molar refractivity (Wildman–Crippen MR) is 121 cm³/mol. The molecule has 0 radical (unpaired) electrons. The number of benzene rings is 1. The predicted octanol–water partition coefficient (Wildman–Crippen LogP) is 2.51. The number of nitrogens with one attached hydrogen (secondary N) is 1. The lowest BCUT2D eigenvalue weighted by Gasteiger charge is -2.40. The average molecular weight is 427 g/mol. The van der Waals surface area contributed by atoms with Gasteiger partial charge in [-0.15, -0.1) is 0 Å². The third-order valence-electron chi connectivity index (χ3n) is 5.49. The lowest BCUT2D eigenvalue weighted by Crippen LogP contribution is -2.51. The molecule has 1 aliphatic rings. The van der Waals surface area contributed by atoms with E-state index in [1.165, 1.54) is 6.20 Å². The Hall–Kier alpha value is -3.49. The highest BCUT2D eigenvalue weighted by atomic mass is 16.5. The Morgan fingerprint density at radius 1 is 1.23 bits per heavy atom. The highest BCUT2D eigenvalue weighted by Gasteiger charge is 2.29. The number of anilines is 3. The molecular weight excluding hydrogens is 396 g/mol. The van der Waals surface area contributed by atoms with E-state index in [0.29, 0.717) is 23.6 Å². The number of aromatic nitrogens is 1. The Balaban J connectivity index is 1.84. The van der Waals surface area contributed by atoms with E-state index in [0.717, 1.165) is 30.8 Å². The van der Waals surface area contributed by atoms with Crippen LogP contribution in [0.2, 0.25) is 0 Å². The van der Waals surface area contributed by atoms with Crippen LogP contribution in [0, 0.1) is 0 Å². The Morgan fingerprint density at radius 2 is 1.94 bits per heavy atom. The summed E-state index contributed by atoms with van der Waals surface area (Å²) in [5.74, 6) is 0.813. The first-order chi connectivity index (χ1) is 14.8. The molecule has 0 spiro atoms. The molecule has 9 heteroatoms. The van der Waals surface area contributed by atoms with Crippen LogP contribution in [0.15, 0.2) is 36.5 Å². The average Bonchev–Trinajstić information content (AvgIpc) is 2.78. The molecule has 1 saturated heterocycles. The van der Waals surface area contributed by atoms with E-state index >= 15 is 0 Å². The molecule has 2 aromatic rings. The van der Waals surface area contributed by atoms with Gasteiger partial charge in [0, 0.05) is 58.2 Å². The lowest BCUT2D eigenvalue weighted by atomic mass is 10.0. The minimum atomic E-state index is -0.539. The molecule has 1 atom stereocenters. The smallest absolute Gasteiger partial charge is 0.319 e. The van der Waals surface area contributed by atoms with Gasteiger partial charge in [0.2, 0.25) is 0 Å². The summed E-state index contributed by atoms with van der Waals surface area (Å²) < 4.78 is 5.19. The van der Waals surface area contributed by atoms with E-state index in [1.54, 1.807) is 26.1 Å². The number of urea groups is 1. The fraction of sp³-hybridized carbons (Fsp3) is 0.409. The van der Waals surface area contributed by atoms with Gasteiger partial charge in [-0.2, -0.15) is 0 Å². The summed E-state index contributed by atoms with van der Waals surface area (Å²) in [7, 11) is 7.04. The number of likely N-dealkylation sites (tertiary alicyclic amines) is 1. The summed E-state index contributed by atoms with van der Waals surface area (Å²) >= 11 is 0. The topological polar surface area (TPSA) is 104 Å². The molecule has 3 amide bonds. The summed E-state index contributed by atoms with van der Waals surface area (Å²) in [6.07, 6.45) is 3.30. The molecule has 2 heterocycles. The first-order valence-electron chi connectivity index (χ1n) is 10.2. The highest BCUT2D eigenvalue weighted by Crippen LogP contribution is 2.28. The summed E-state index contributed by atoms with van der Waals surface area (Å²) in [5, 5.41) is 3.24. The van der Waals surface area contributed by atoms with Crippen LogP contribution >= 0.6 is 0 Å². The van der Waals surface area contributed by atoms with Crippen LogP contribution in [-0.2, 0) is 0 Å². The minimum Gasteiger partial charge on any atom is -0.497 e. The van der Waals surface area contributed by atoms with Crippen LogP contribution in [-0.4, -0.2) is 74.1 Å². The molecule has 31 heavy (non-hydrogen) atoms. The SMILES string of the molecule is COc1ccc(Nc2cc(N(C)[C@H]3CCCN(C(=O)N(C)C)C3)c(C(N)=O)cn2)cc1. The number of carbonyl (C=O) groups is 2. The number of pyridine rings is 1. The number of piperidine rings is 1. The standard InChI is InChI=1S/C22H30N6O3/c1-26(2)22(30)28-11-5-6-16(14-28)27(3)19-12-20(24-13-18(19)21(23)29)25-15-7-9-17(31-4)10-8-15/h7-10,12-13,16H,5-6,11,14H2,1-4H3,(H2,23,29)(H,24,25)/t16-/m0/s1. The van der Waals surface area contributed by atoms with Crippen LogP contribution in [0.3, 0.4) is 0 Å². The zero-order valence-electron chi connectivity index (χ0n) is 18.5. The number of hydrogen-bond donors (Lipinski definition) is 2. The van der Waals surface area contributed by atoms with Crippen LogP contribution in [0.4, 0.5) is 22.0 Å². The number of rotatable bonds is 6. The number of nitrogens with zero attached hydrogens (tertiary/aromatic N) is 4. The van der Waals surface area contributed by atoms with E-state index in [-0.39, 0.29) is 12.1 Å². The molecule has 3 rings (SSSR count). The first-order valence-corrected chi connectivity index (χ1v) is 10.2. The minimum absolute atomic E-state index is 0.00943. The van der Waals surface area contributed by atoms with Gasteiger partial charge >= 0.3 is 6.03 Å². The number of nitrogens with two attached hydrogens (primary N) is 1. The van der Waals surface area contributed by atoms with E-state index < -0.39 is 5.91 Å². The number of carbonyl (C=O) groups excluding carboxylic acids is 2. The van der Waals surface area contributed by atoms with Crippen molar-refractivity contribution in [1.29, 1.82) is 0 Å². The number of likely N-dealkylation sites (N-methyl/N-ethyl adjacent to an activating group) is 1. The van der Waals surface area contributed by atoms with Crippen molar-refractivity contribution >= 4 is 29.1 Å². The van der Waals surface area contributed by atoms with E-state index in [9.17, 15) is 9.59 Å². The number of amides is 3. The zero-order chi connectivity index (χ0) is 22.5. The van der Waals surface area contributed by atoms with Gasteiger partial charge in [0.05, 0.1) is 18.4 Å². The van der Waals surface area contributed by atoms with Gasteiger partial charge in [-0.25, -0.2) is 9.78 Å². The maximum absolute atomic E-state index is 12.4. The molecule has 0 unspecified atom stereocenters. The summed E-state index contributed by atoms with van der Waals surface area (Å²) in [4.78, 5) is 34.3. The molecule has 0 bridgehead atoms. The normalized spacial score (nSPS) is 15.9. The Kier molecular flexibility index (Phi) is 6.84. The second-order valence-corrected chi connectivity index (χ2v) is 7.83. The van der Waals surface area contributed by atoms with Crippen LogP contribution in [0.1, 0.15) is 23.2 Å². The van der Waals surface area contributed by atoms with Crippen LogP contribution in [0.5, 0.6) is 5.75 Å². The molecular formula is C22H30N6O3. The first kappa shape index (κ1) is 22.2. The largest absolute Gasteiger partial charge is 0.497 e. The van der Waals surface area contributed by atoms with E-state index in [4.69, 9.17) is 10.5 Å². The second kappa shape index (κ2) is 9.55. The van der Waals surface area contributed by atoms with Crippen molar-refractivity contribution in [3.05, 3.63) is 42.1 Å². The number of hydrogen-bond acceptors (Lipinski definition) is 6. The fourth-order valence-electron chi connectivity index (χ4n) is 3.74. The molecule has 166 valence electrons. The van der Waals surface area contributed by atoms with E-state index in [2.05, 4.69) is 10.3 Å². The molecule has 0 saturated carbocycles. The van der Waals surface area contributed by atoms with Crippen molar-refractivity contribution in [2.75, 3.05) is 51.6 Å². The highest BCUT2D eigenvalue weighted by molar-refractivity contribution is 5.99. The molecule has 1 fully saturated rings. The van der Waals surface area contributed by atoms with Crippen molar-refractivity contribution in [2.45, 2.75) is 18.9 Å². The molecule has 0 aliphatic carbocycles. The van der Waals surface area contributed by atoms with Gasteiger partial charge in [-0.3, -0.25) is 4.79 Å². The maximum atomic E-state index is 12.4. The molecule has 9 nitrogen and oxygen atoms in total. The van der Waals surface area contributed by atoms with Crippen molar-refractivity contribution in [1.82, 2.24) is 14.8 Å². The Bertz CT molecular complexity index is 931. The number of methoxy groups -OCH3 is 1. The van der Waals surface area contributed by atoms with Gasteiger partial charge in [0.25, 0.3) is 5.91 Å². The monoisotopic (exact) mass is 426 g/mol. The quantitative estimate of drug-likeness (QED) is 0.736. The molecule has 1 aliphatic heterocycles. The second-order valence-electron chi connectivity index (χ2n) is 7.83. The summed E-state index contributed by atoms with van der Waals surface area (Å²) in [6, 6.07) is 9.35. The van der Waals surface area contributed by atoms with Gasteiger partial charge < -0.3 is 30.5 Å².